The lowest BCUT2D eigenvalue weighted by atomic mass is 10.3. The van der Waals surface area contributed by atoms with Crippen LogP contribution in [0.5, 0.6) is 0 Å². The van der Waals surface area contributed by atoms with Crippen molar-refractivity contribution in [1.29, 1.82) is 0 Å². The Balaban J connectivity index is 3.74. The number of alkyl carbamates (subject to hydrolysis) is 1. The number of aliphatic carboxylic acids is 1. The zero-order valence-corrected chi connectivity index (χ0v) is 10.5. The van der Waals surface area contributed by atoms with E-state index in [1.165, 1.54) is 11.8 Å². The molecule has 0 saturated heterocycles. The molecule has 1 atom stereocenters. The van der Waals surface area contributed by atoms with Gasteiger partial charge in [-0.3, -0.25) is 4.79 Å². The first-order chi connectivity index (χ1) is 7.60. The minimum absolute atomic E-state index is 0.0424. The molecule has 0 aromatic carbocycles. The first-order valence-electron chi connectivity index (χ1n) is 5.28. The molecule has 2 N–H and O–H groups in total. The van der Waals surface area contributed by atoms with Gasteiger partial charge in [0.25, 0.3) is 0 Å². The van der Waals surface area contributed by atoms with E-state index in [1.807, 2.05) is 13.2 Å². The van der Waals surface area contributed by atoms with Crippen LogP contribution in [0.4, 0.5) is 4.79 Å². The Morgan fingerprint density at radius 2 is 2.19 bits per heavy atom. The number of carbonyl (C=O) groups is 2. The first kappa shape index (κ1) is 15.1. The number of amides is 1. The maximum Gasteiger partial charge on any atom is 0.408 e. The molecule has 94 valence electrons. The summed E-state index contributed by atoms with van der Waals surface area (Å²) in [5.41, 5.74) is 0. The van der Waals surface area contributed by atoms with Gasteiger partial charge in [-0.25, -0.2) is 4.79 Å². The van der Waals surface area contributed by atoms with Gasteiger partial charge >= 0.3 is 12.1 Å². The number of carboxylic acid groups (broad SMARTS) is 1. The highest BCUT2D eigenvalue weighted by Crippen LogP contribution is 2.10. The predicted molar refractivity (Wildman–Crippen MR) is 63.6 cm³/mol. The molecule has 0 heterocycles. The topological polar surface area (TPSA) is 75.6 Å². The lowest BCUT2D eigenvalue weighted by Gasteiger charge is -2.15. The summed E-state index contributed by atoms with van der Waals surface area (Å²) in [6.45, 7) is 2.42. The van der Waals surface area contributed by atoms with Crippen molar-refractivity contribution in [3.63, 3.8) is 0 Å². The average Bonchev–Trinajstić information content (AvgIpc) is 2.24. The Hall–Kier alpha value is -0.910. The highest BCUT2D eigenvalue weighted by molar-refractivity contribution is 7.99. The summed E-state index contributed by atoms with van der Waals surface area (Å²) in [5, 5.41) is 10.9. The Labute approximate surface area is 99.9 Å². The summed E-state index contributed by atoms with van der Waals surface area (Å²) in [7, 11) is 0. The van der Waals surface area contributed by atoms with Crippen LogP contribution in [0.2, 0.25) is 0 Å². The summed E-state index contributed by atoms with van der Waals surface area (Å²) < 4.78 is 4.91. The van der Waals surface area contributed by atoms with E-state index in [2.05, 4.69) is 5.32 Å². The van der Waals surface area contributed by atoms with E-state index >= 15 is 0 Å². The van der Waals surface area contributed by atoms with Crippen molar-refractivity contribution >= 4 is 23.8 Å². The molecule has 16 heavy (non-hydrogen) atoms. The van der Waals surface area contributed by atoms with Gasteiger partial charge in [0.05, 0.1) is 12.0 Å². The number of unbranched alkanes of at least 4 members (excludes halogenated alkanes) is 1. The molecule has 0 aliphatic heterocycles. The minimum atomic E-state index is -0.861. The fraction of sp³-hybridized carbons (Fsp3) is 0.800. The maximum absolute atomic E-state index is 11.2. The molecule has 1 amide bonds. The summed E-state index contributed by atoms with van der Waals surface area (Å²) >= 11 is 1.40. The number of carbonyl (C=O) groups excluding carboxylic acids is 1. The zero-order valence-electron chi connectivity index (χ0n) is 9.69. The monoisotopic (exact) mass is 249 g/mol. The van der Waals surface area contributed by atoms with Gasteiger partial charge in [0.1, 0.15) is 0 Å². The van der Waals surface area contributed by atoms with Crippen LogP contribution < -0.4 is 5.32 Å². The average molecular weight is 249 g/mol. The maximum atomic E-state index is 11.2. The second-order valence-corrected chi connectivity index (χ2v) is 4.33. The number of hydrogen-bond acceptors (Lipinski definition) is 4. The van der Waals surface area contributed by atoms with Crippen LogP contribution in [0.3, 0.4) is 0 Å². The zero-order chi connectivity index (χ0) is 12.4. The Morgan fingerprint density at radius 1 is 1.50 bits per heavy atom. The number of nitrogens with one attached hydrogen (secondary N) is 1. The molecule has 0 fully saturated rings. The van der Waals surface area contributed by atoms with Crippen LogP contribution in [0.25, 0.3) is 0 Å². The smallest absolute Gasteiger partial charge is 0.408 e. The number of hydrogen-bond donors (Lipinski definition) is 2. The molecular weight excluding hydrogens is 230 g/mol. The third-order valence-corrected chi connectivity index (χ3v) is 2.84. The number of carboxylic acids is 1. The van der Waals surface area contributed by atoms with Crippen LogP contribution in [0, 0.1) is 0 Å². The molecule has 0 aromatic heterocycles. The van der Waals surface area contributed by atoms with Crippen LogP contribution >= 0.6 is 11.8 Å². The summed E-state index contributed by atoms with van der Waals surface area (Å²) in [6.07, 6.45) is 3.60. The lowest BCUT2D eigenvalue weighted by molar-refractivity contribution is -0.137. The van der Waals surface area contributed by atoms with Gasteiger partial charge in [-0.1, -0.05) is 13.3 Å². The van der Waals surface area contributed by atoms with Crippen molar-refractivity contribution in [2.24, 2.45) is 0 Å². The SMILES string of the molecule is CCCCOC(=O)NC(CCC(=O)O)SC. The second-order valence-electron chi connectivity index (χ2n) is 3.29. The van der Waals surface area contributed by atoms with E-state index in [0.29, 0.717) is 13.0 Å². The fourth-order valence-corrected chi connectivity index (χ4v) is 1.55. The van der Waals surface area contributed by atoms with Crippen molar-refractivity contribution in [3.8, 4) is 0 Å². The van der Waals surface area contributed by atoms with E-state index in [1.54, 1.807) is 0 Å². The Morgan fingerprint density at radius 3 is 2.69 bits per heavy atom. The summed E-state index contributed by atoms with van der Waals surface area (Å²) in [6, 6.07) is 0. The molecule has 0 spiro atoms. The van der Waals surface area contributed by atoms with Crippen molar-refractivity contribution in [2.75, 3.05) is 12.9 Å². The van der Waals surface area contributed by atoms with E-state index in [4.69, 9.17) is 9.84 Å². The lowest BCUT2D eigenvalue weighted by Crippen LogP contribution is -2.33. The van der Waals surface area contributed by atoms with Gasteiger partial charge in [0.2, 0.25) is 0 Å². The third-order valence-electron chi connectivity index (χ3n) is 1.91. The van der Waals surface area contributed by atoms with Crippen LogP contribution in [-0.4, -0.2) is 35.4 Å². The van der Waals surface area contributed by atoms with Crippen molar-refractivity contribution in [1.82, 2.24) is 5.32 Å². The molecule has 0 saturated carbocycles. The molecule has 6 heteroatoms. The Bertz CT molecular complexity index is 223. The number of ether oxygens (including phenoxy) is 1. The van der Waals surface area contributed by atoms with Gasteiger partial charge in [-0.15, -0.1) is 11.8 Å². The van der Waals surface area contributed by atoms with Gasteiger partial charge in [0, 0.05) is 6.42 Å². The fourth-order valence-electron chi connectivity index (χ4n) is 0.986. The van der Waals surface area contributed by atoms with Gasteiger partial charge in [-0.05, 0) is 19.1 Å². The van der Waals surface area contributed by atoms with E-state index < -0.39 is 12.1 Å². The highest BCUT2D eigenvalue weighted by atomic mass is 32.2. The van der Waals surface area contributed by atoms with Crippen molar-refractivity contribution < 1.29 is 19.4 Å². The molecule has 0 aliphatic carbocycles. The van der Waals surface area contributed by atoms with Crippen molar-refractivity contribution in [2.45, 2.75) is 38.0 Å². The second kappa shape index (κ2) is 9.33. The molecule has 0 aliphatic rings. The Kier molecular flexibility index (Phi) is 8.80. The molecule has 1 unspecified atom stereocenters. The molecular formula is C10H19NO4S. The minimum Gasteiger partial charge on any atom is -0.481 e. The highest BCUT2D eigenvalue weighted by Gasteiger charge is 2.13. The van der Waals surface area contributed by atoms with E-state index in [0.717, 1.165) is 12.8 Å². The largest absolute Gasteiger partial charge is 0.481 e. The van der Waals surface area contributed by atoms with Gasteiger partial charge in [-0.2, -0.15) is 0 Å². The van der Waals surface area contributed by atoms with Crippen LogP contribution in [0.15, 0.2) is 0 Å². The molecule has 0 aromatic rings. The van der Waals surface area contributed by atoms with Crippen molar-refractivity contribution in [3.05, 3.63) is 0 Å². The first-order valence-corrected chi connectivity index (χ1v) is 6.56. The number of rotatable bonds is 8. The van der Waals surface area contributed by atoms with E-state index in [9.17, 15) is 9.59 Å². The summed E-state index contributed by atoms with van der Waals surface area (Å²) in [4.78, 5) is 21.6. The number of thioether (sulfide) groups is 1. The third kappa shape index (κ3) is 8.40. The molecule has 0 rings (SSSR count). The predicted octanol–water partition coefficient (Wildman–Crippen LogP) is 2.07. The summed E-state index contributed by atoms with van der Waals surface area (Å²) in [5.74, 6) is -0.861. The van der Waals surface area contributed by atoms with Crippen LogP contribution in [-0.2, 0) is 9.53 Å². The molecule has 5 nitrogen and oxygen atoms in total. The normalized spacial score (nSPS) is 11.9. The van der Waals surface area contributed by atoms with Crippen LogP contribution in [0.1, 0.15) is 32.6 Å². The molecule has 0 radical (unpaired) electrons. The van der Waals surface area contributed by atoms with Gasteiger partial charge in [0.15, 0.2) is 0 Å². The standard InChI is InChI=1S/C10H19NO4S/c1-3-4-7-15-10(14)11-8(16-2)5-6-9(12)13/h8H,3-7H2,1-2H3,(H,11,14)(H,12,13). The quantitative estimate of drug-likeness (QED) is 0.508. The molecule has 0 bridgehead atoms. The van der Waals surface area contributed by atoms with E-state index in [-0.39, 0.29) is 11.8 Å². The van der Waals surface area contributed by atoms with Gasteiger partial charge < -0.3 is 15.2 Å².